The van der Waals surface area contributed by atoms with E-state index in [0.717, 1.165) is 14.6 Å². The molecule has 0 radical (unpaired) electrons. The Hall–Kier alpha value is -1.69. The van der Waals surface area contributed by atoms with Crippen LogP contribution in [-0.4, -0.2) is 30.3 Å². The molecular formula is C15H12BrN3O4S3. The van der Waals surface area contributed by atoms with Crippen molar-refractivity contribution < 1.29 is 17.6 Å². The third kappa shape index (κ3) is 4.17. The van der Waals surface area contributed by atoms with Gasteiger partial charge >= 0.3 is 0 Å². The first-order valence-corrected chi connectivity index (χ1v) is 11.4. The van der Waals surface area contributed by atoms with Crippen molar-refractivity contribution in [2.24, 2.45) is 0 Å². The summed E-state index contributed by atoms with van der Waals surface area (Å²) in [5.74, 6) is 0.130. The zero-order chi connectivity index (χ0) is 18.7. The van der Waals surface area contributed by atoms with Gasteiger partial charge in [-0.3, -0.25) is 10.1 Å². The number of sulfone groups is 1. The predicted molar refractivity (Wildman–Crippen MR) is 103 cm³/mol. The van der Waals surface area contributed by atoms with Gasteiger partial charge in [0.05, 0.1) is 4.90 Å². The normalized spacial score (nSPS) is 11.5. The quantitative estimate of drug-likeness (QED) is 0.424. The van der Waals surface area contributed by atoms with Crippen molar-refractivity contribution in [3.63, 3.8) is 0 Å². The summed E-state index contributed by atoms with van der Waals surface area (Å²) in [7, 11) is -3.84. The fourth-order valence-electron chi connectivity index (χ4n) is 1.92. The maximum atomic E-state index is 12.6. The van der Waals surface area contributed by atoms with Gasteiger partial charge < -0.3 is 4.42 Å². The van der Waals surface area contributed by atoms with Gasteiger partial charge in [-0.25, -0.2) is 8.42 Å². The van der Waals surface area contributed by atoms with Crippen molar-refractivity contribution in [1.82, 2.24) is 10.2 Å². The summed E-state index contributed by atoms with van der Waals surface area (Å²) in [6, 6.07) is 8.70. The van der Waals surface area contributed by atoms with Crippen molar-refractivity contribution >= 4 is 59.9 Å². The lowest BCUT2D eigenvalue weighted by Gasteiger charge is -2.01. The van der Waals surface area contributed by atoms with Crippen molar-refractivity contribution in [1.29, 1.82) is 0 Å². The van der Waals surface area contributed by atoms with Crippen LogP contribution < -0.4 is 5.32 Å². The van der Waals surface area contributed by atoms with E-state index in [9.17, 15) is 13.2 Å². The summed E-state index contributed by atoms with van der Waals surface area (Å²) in [4.78, 5) is 12.3. The van der Waals surface area contributed by atoms with Crippen LogP contribution in [0.1, 0.15) is 17.5 Å². The number of nitrogens with zero attached hydrogens (tertiary/aromatic N) is 2. The standard InChI is InChI=1S/C15H12BrN3O4S3/c1-2-24-15-19-18-14(25-15)17-13(20)11-7-8-12(23-11)26(21,22)10-5-3-9(16)4-6-10/h3-8H,2H2,1H3,(H,17,18,20). The number of carbonyl (C=O) groups excluding carboxylic acids is 1. The number of halogens is 1. The highest BCUT2D eigenvalue weighted by Crippen LogP contribution is 2.27. The fourth-order valence-corrected chi connectivity index (χ4v) is 5.00. The number of rotatable bonds is 6. The Morgan fingerprint density at radius 1 is 1.23 bits per heavy atom. The second-order valence-corrected chi connectivity index (χ2v) is 10.1. The van der Waals surface area contributed by atoms with Crippen molar-refractivity contribution in [2.75, 3.05) is 11.1 Å². The summed E-state index contributed by atoms with van der Waals surface area (Å²) in [6.07, 6.45) is 0. The molecule has 0 unspecified atom stereocenters. The Morgan fingerprint density at radius 2 is 1.96 bits per heavy atom. The molecule has 0 aliphatic heterocycles. The minimum absolute atomic E-state index is 0.0763. The molecule has 0 saturated heterocycles. The first-order valence-electron chi connectivity index (χ1n) is 7.28. The van der Waals surface area contributed by atoms with Gasteiger partial charge in [-0.05, 0) is 42.2 Å². The zero-order valence-electron chi connectivity index (χ0n) is 13.3. The summed E-state index contributed by atoms with van der Waals surface area (Å²) in [6.45, 7) is 1.99. The van der Waals surface area contributed by atoms with Gasteiger partial charge in [0.2, 0.25) is 20.1 Å². The van der Waals surface area contributed by atoms with E-state index in [4.69, 9.17) is 4.42 Å². The predicted octanol–water partition coefficient (Wildman–Crippen LogP) is 4.09. The second kappa shape index (κ2) is 7.91. The van der Waals surface area contributed by atoms with Gasteiger partial charge in [0.15, 0.2) is 10.1 Å². The minimum atomic E-state index is -3.84. The number of hydrogen-bond donors (Lipinski definition) is 1. The Kier molecular flexibility index (Phi) is 5.80. The van der Waals surface area contributed by atoms with E-state index in [1.807, 2.05) is 6.92 Å². The van der Waals surface area contributed by atoms with Gasteiger partial charge in [-0.15, -0.1) is 10.2 Å². The Bertz CT molecular complexity index is 1030. The van der Waals surface area contributed by atoms with Crippen LogP contribution in [-0.2, 0) is 9.84 Å². The molecule has 11 heteroatoms. The van der Waals surface area contributed by atoms with E-state index in [1.54, 1.807) is 12.1 Å². The van der Waals surface area contributed by atoms with Crippen LogP contribution in [0.3, 0.4) is 0 Å². The monoisotopic (exact) mass is 473 g/mol. The third-order valence-electron chi connectivity index (χ3n) is 3.09. The molecule has 1 N–H and O–H groups in total. The molecule has 2 aromatic heterocycles. The number of benzene rings is 1. The minimum Gasteiger partial charge on any atom is -0.439 e. The van der Waals surface area contributed by atoms with E-state index in [2.05, 4.69) is 31.4 Å². The number of thioether (sulfide) groups is 1. The highest BCUT2D eigenvalue weighted by atomic mass is 79.9. The first kappa shape index (κ1) is 19.1. The van der Waals surface area contributed by atoms with Crippen LogP contribution in [0.5, 0.6) is 0 Å². The van der Waals surface area contributed by atoms with E-state index < -0.39 is 15.7 Å². The summed E-state index contributed by atoms with van der Waals surface area (Å²) in [5, 5.41) is 10.4. The molecule has 0 bridgehead atoms. The van der Waals surface area contributed by atoms with Gasteiger partial charge in [0, 0.05) is 4.47 Å². The van der Waals surface area contributed by atoms with Crippen LogP contribution in [0.25, 0.3) is 0 Å². The molecule has 1 aromatic carbocycles. The SMILES string of the molecule is CCSc1nnc(NC(=O)c2ccc(S(=O)(=O)c3ccc(Br)cc3)o2)s1. The van der Waals surface area contributed by atoms with Crippen molar-refractivity contribution in [3.05, 3.63) is 46.6 Å². The summed E-state index contributed by atoms with van der Waals surface area (Å²) in [5.41, 5.74) is 0. The molecule has 0 atom stereocenters. The maximum Gasteiger partial charge on any atom is 0.293 e. The molecule has 0 aliphatic carbocycles. The number of anilines is 1. The number of carbonyl (C=O) groups is 1. The number of aromatic nitrogens is 2. The van der Waals surface area contributed by atoms with Crippen LogP contribution in [0.15, 0.2) is 59.6 Å². The molecule has 3 aromatic rings. The number of nitrogens with one attached hydrogen (secondary N) is 1. The third-order valence-corrected chi connectivity index (χ3v) is 7.11. The van der Waals surface area contributed by atoms with Gasteiger partial charge in [0.1, 0.15) is 0 Å². The molecule has 0 spiro atoms. The molecule has 0 fully saturated rings. The molecular weight excluding hydrogens is 462 g/mol. The van der Waals surface area contributed by atoms with Crippen LogP contribution in [0.2, 0.25) is 0 Å². The summed E-state index contributed by atoms with van der Waals surface area (Å²) < 4.78 is 31.9. The largest absolute Gasteiger partial charge is 0.439 e. The lowest BCUT2D eigenvalue weighted by atomic mass is 10.4. The van der Waals surface area contributed by atoms with E-state index >= 15 is 0 Å². The highest BCUT2D eigenvalue weighted by molar-refractivity contribution is 9.10. The molecule has 1 amide bonds. The van der Waals surface area contributed by atoms with Crippen LogP contribution in [0, 0.1) is 0 Å². The van der Waals surface area contributed by atoms with Crippen LogP contribution >= 0.6 is 39.0 Å². The molecule has 7 nitrogen and oxygen atoms in total. The van der Waals surface area contributed by atoms with E-state index in [-0.39, 0.29) is 15.7 Å². The Labute approximate surface area is 166 Å². The first-order chi connectivity index (χ1) is 12.4. The average Bonchev–Trinajstić information content (AvgIpc) is 3.25. The molecule has 136 valence electrons. The van der Waals surface area contributed by atoms with Gasteiger partial charge in [-0.1, -0.05) is 46.0 Å². The van der Waals surface area contributed by atoms with Gasteiger partial charge in [0.25, 0.3) is 5.91 Å². The number of hydrogen-bond acceptors (Lipinski definition) is 8. The number of amides is 1. The average molecular weight is 474 g/mol. The summed E-state index contributed by atoms with van der Waals surface area (Å²) >= 11 is 6.00. The Morgan fingerprint density at radius 3 is 2.65 bits per heavy atom. The Balaban J connectivity index is 1.78. The number of furan rings is 1. The zero-order valence-corrected chi connectivity index (χ0v) is 17.3. The molecule has 0 aliphatic rings. The lowest BCUT2D eigenvalue weighted by molar-refractivity contribution is 0.0991. The molecule has 2 heterocycles. The topological polar surface area (TPSA) is 102 Å². The van der Waals surface area contributed by atoms with Crippen molar-refractivity contribution in [3.8, 4) is 0 Å². The molecule has 3 rings (SSSR count). The van der Waals surface area contributed by atoms with Crippen LogP contribution in [0.4, 0.5) is 5.13 Å². The van der Waals surface area contributed by atoms with Crippen molar-refractivity contribution in [2.45, 2.75) is 21.3 Å². The molecule has 0 saturated carbocycles. The maximum absolute atomic E-state index is 12.6. The smallest absolute Gasteiger partial charge is 0.293 e. The van der Waals surface area contributed by atoms with Gasteiger partial charge in [-0.2, -0.15) is 0 Å². The van der Waals surface area contributed by atoms with E-state index in [0.29, 0.717) is 5.13 Å². The second-order valence-electron chi connectivity index (χ2n) is 4.84. The van der Waals surface area contributed by atoms with E-state index in [1.165, 1.54) is 47.4 Å². The lowest BCUT2D eigenvalue weighted by Crippen LogP contribution is -2.10. The highest BCUT2D eigenvalue weighted by Gasteiger charge is 2.24. The fraction of sp³-hybridized carbons (Fsp3) is 0.133. The molecule has 26 heavy (non-hydrogen) atoms.